The lowest BCUT2D eigenvalue weighted by Gasteiger charge is -2.19. The van der Waals surface area contributed by atoms with Crippen LogP contribution >= 0.6 is 7.82 Å². The van der Waals surface area contributed by atoms with Gasteiger partial charge >= 0.3 is 19.8 Å². The molecule has 3 N–H and O–H groups in total. The van der Waals surface area contributed by atoms with Crippen molar-refractivity contribution >= 4 is 19.8 Å². The molecule has 0 aromatic heterocycles. The molecule has 0 aromatic rings. The van der Waals surface area contributed by atoms with E-state index in [1.54, 1.807) is 0 Å². The summed E-state index contributed by atoms with van der Waals surface area (Å²) in [5.74, 6) is -0.862. The number of nitrogens with two attached hydrogens (primary N) is 1. The van der Waals surface area contributed by atoms with Crippen molar-refractivity contribution in [2.24, 2.45) is 5.73 Å². The van der Waals surface area contributed by atoms with Gasteiger partial charge in [-0.2, -0.15) is 0 Å². The topological polar surface area (TPSA) is 134 Å². The van der Waals surface area contributed by atoms with Crippen LogP contribution < -0.4 is 5.73 Å². The molecular weight excluding hydrogens is 1160 g/mol. The Bertz CT molecular complexity index is 1980. The molecule has 0 radical (unpaired) electrons. The number of carbonyl (C=O) groups is 2. The molecular formula is C82H142NO8P. The Morgan fingerprint density at radius 1 is 0.337 bits per heavy atom. The molecule has 0 aromatic carbocycles. The lowest BCUT2D eigenvalue weighted by molar-refractivity contribution is -0.161. The van der Waals surface area contributed by atoms with Gasteiger partial charge in [-0.05, 0) is 96.3 Å². The zero-order valence-corrected chi connectivity index (χ0v) is 60.4. The molecule has 2 unspecified atom stereocenters. The standard InChI is InChI=1S/C82H142NO8P/c1-3-5-7-9-11-13-15-17-19-21-23-25-27-29-31-33-35-37-39-40-41-43-45-47-49-51-53-55-57-59-61-63-65-67-69-71-73-75-82(85)91-80(79-90-92(86,87)89-77-76-83)78-88-81(84)74-72-70-68-66-64-62-60-58-56-54-52-50-48-46-44-42-38-36-34-32-30-28-26-24-22-20-18-16-14-12-10-8-6-4-2/h5,7,11,13,17,19,23,25,29,31,35,37,40-41,45,47,51,53,57,59,63,65,80H,3-4,6,8-10,12,14-16,18,20-22,24,26-28,30,32-34,36,38-39,42-44,46,48-50,52,54-56,58,60-62,64,66-79,83H2,1-2H3,(H,86,87)/b7-5-,13-11-,19-17-,25-23-,31-29-,37-35-,41-40-,47-45-,53-51-,59-57-,65-63-. The molecule has 0 aliphatic carbocycles. The second-order valence-corrected chi connectivity index (χ2v) is 26.6. The summed E-state index contributed by atoms with van der Waals surface area (Å²) in [7, 11) is -4.41. The van der Waals surface area contributed by atoms with Crippen LogP contribution in [0.4, 0.5) is 0 Å². The van der Waals surface area contributed by atoms with Crippen molar-refractivity contribution in [1.82, 2.24) is 0 Å². The van der Waals surface area contributed by atoms with Crippen molar-refractivity contribution in [1.29, 1.82) is 0 Å². The van der Waals surface area contributed by atoms with Crippen LogP contribution in [0.3, 0.4) is 0 Å². The monoisotopic (exact) mass is 1300 g/mol. The van der Waals surface area contributed by atoms with Gasteiger partial charge in [0.2, 0.25) is 0 Å². The largest absolute Gasteiger partial charge is 0.472 e. The summed E-state index contributed by atoms with van der Waals surface area (Å²) >= 11 is 0. The number of unbranched alkanes of at least 4 members (excludes halogenated alkanes) is 36. The molecule has 0 heterocycles. The molecule has 2 atom stereocenters. The Labute approximate surface area is 567 Å². The summed E-state index contributed by atoms with van der Waals surface area (Å²) in [6, 6.07) is 0. The highest BCUT2D eigenvalue weighted by Gasteiger charge is 2.26. The molecule has 9 nitrogen and oxygen atoms in total. The maximum Gasteiger partial charge on any atom is 0.472 e. The summed E-state index contributed by atoms with van der Waals surface area (Å²) in [4.78, 5) is 35.4. The van der Waals surface area contributed by atoms with Gasteiger partial charge in [-0.3, -0.25) is 18.6 Å². The van der Waals surface area contributed by atoms with Crippen molar-refractivity contribution in [3.05, 3.63) is 134 Å². The van der Waals surface area contributed by atoms with Crippen molar-refractivity contribution in [2.75, 3.05) is 26.4 Å². The number of phosphoric ester groups is 1. The van der Waals surface area contributed by atoms with Gasteiger partial charge in [0.15, 0.2) is 6.10 Å². The maximum absolute atomic E-state index is 12.8. The molecule has 0 saturated carbocycles. The zero-order valence-electron chi connectivity index (χ0n) is 59.5. The van der Waals surface area contributed by atoms with E-state index < -0.39 is 26.5 Å². The molecule has 0 rings (SSSR count). The average molecular weight is 1300 g/mol. The van der Waals surface area contributed by atoms with Gasteiger partial charge in [-0.25, -0.2) is 4.57 Å². The lowest BCUT2D eigenvalue weighted by Crippen LogP contribution is -2.29. The van der Waals surface area contributed by atoms with Gasteiger partial charge in [0, 0.05) is 19.4 Å². The van der Waals surface area contributed by atoms with Crippen LogP contribution in [0, 0.1) is 0 Å². The summed E-state index contributed by atoms with van der Waals surface area (Å²) in [6.07, 6.45) is 109. The van der Waals surface area contributed by atoms with Gasteiger partial charge in [-0.1, -0.05) is 366 Å². The van der Waals surface area contributed by atoms with Crippen LogP contribution in [0.5, 0.6) is 0 Å². The Hall–Kier alpha value is -3.85. The first-order valence-corrected chi connectivity index (χ1v) is 39.7. The Morgan fingerprint density at radius 3 is 0.891 bits per heavy atom. The van der Waals surface area contributed by atoms with E-state index in [0.717, 1.165) is 109 Å². The van der Waals surface area contributed by atoms with Crippen LogP contribution in [-0.4, -0.2) is 49.3 Å². The highest BCUT2D eigenvalue weighted by molar-refractivity contribution is 7.47. The zero-order chi connectivity index (χ0) is 66.5. The molecule has 0 amide bonds. The van der Waals surface area contributed by atoms with E-state index >= 15 is 0 Å². The first kappa shape index (κ1) is 88.2. The van der Waals surface area contributed by atoms with Crippen LogP contribution in [-0.2, 0) is 32.7 Å². The number of hydrogen-bond acceptors (Lipinski definition) is 8. The molecule has 0 aliphatic rings. The second kappa shape index (κ2) is 76.2. The predicted octanol–water partition coefficient (Wildman–Crippen LogP) is 25.6. The van der Waals surface area contributed by atoms with Gasteiger partial charge < -0.3 is 20.1 Å². The Balaban J connectivity index is 3.94. The smallest absolute Gasteiger partial charge is 0.462 e. The fraction of sp³-hybridized carbons (Fsp3) is 0.707. The van der Waals surface area contributed by atoms with E-state index in [1.165, 1.54) is 199 Å². The van der Waals surface area contributed by atoms with Gasteiger partial charge in [-0.15, -0.1) is 0 Å². The van der Waals surface area contributed by atoms with Gasteiger partial charge in [0.25, 0.3) is 0 Å². The first-order valence-electron chi connectivity index (χ1n) is 38.2. The summed E-state index contributed by atoms with van der Waals surface area (Å²) in [6.45, 7) is 3.62. The van der Waals surface area contributed by atoms with Gasteiger partial charge in [0.1, 0.15) is 6.61 Å². The summed E-state index contributed by atoms with van der Waals surface area (Å²) in [5, 5.41) is 0. The van der Waals surface area contributed by atoms with Crippen molar-refractivity contribution < 1.29 is 37.6 Å². The molecule has 0 fully saturated rings. The molecule has 528 valence electrons. The number of rotatable bonds is 71. The number of allylic oxidation sites excluding steroid dienone is 22. The third-order valence-corrected chi connectivity index (χ3v) is 17.3. The van der Waals surface area contributed by atoms with Crippen molar-refractivity contribution in [2.45, 2.75) is 347 Å². The number of ether oxygens (including phenoxy) is 2. The average Bonchev–Trinajstić information content (AvgIpc) is 3.01. The minimum Gasteiger partial charge on any atom is -0.462 e. The normalized spacial score (nSPS) is 13.7. The van der Waals surface area contributed by atoms with Crippen molar-refractivity contribution in [3.63, 3.8) is 0 Å². The van der Waals surface area contributed by atoms with E-state index in [-0.39, 0.29) is 38.6 Å². The minimum absolute atomic E-state index is 0.0423. The summed E-state index contributed by atoms with van der Waals surface area (Å²) < 4.78 is 33.2. The quantitative estimate of drug-likeness (QED) is 0.0264. The van der Waals surface area contributed by atoms with Crippen LogP contribution in [0.1, 0.15) is 341 Å². The Morgan fingerprint density at radius 2 is 0.598 bits per heavy atom. The number of hydrogen-bond donors (Lipinski definition) is 2. The summed E-state index contributed by atoms with van der Waals surface area (Å²) in [5.41, 5.74) is 5.40. The first-order chi connectivity index (χ1) is 45.3. The predicted molar refractivity (Wildman–Crippen MR) is 399 cm³/mol. The molecule has 92 heavy (non-hydrogen) atoms. The van der Waals surface area contributed by atoms with Crippen LogP contribution in [0.15, 0.2) is 134 Å². The fourth-order valence-electron chi connectivity index (χ4n) is 10.7. The lowest BCUT2D eigenvalue weighted by atomic mass is 10.0. The number of carbonyl (C=O) groups excluding carboxylic acids is 2. The third kappa shape index (κ3) is 75.2. The number of phosphoric acid groups is 1. The highest BCUT2D eigenvalue weighted by atomic mass is 31.2. The maximum atomic E-state index is 12.8. The second-order valence-electron chi connectivity index (χ2n) is 25.1. The molecule has 0 bridgehead atoms. The molecule has 0 aliphatic heterocycles. The molecule has 0 spiro atoms. The molecule has 10 heteroatoms. The van der Waals surface area contributed by atoms with Crippen LogP contribution in [0.25, 0.3) is 0 Å². The molecule has 0 saturated heterocycles. The van der Waals surface area contributed by atoms with E-state index in [1.807, 2.05) is 0 Å². The fourth-order valence-corrected chi connectivity index (χ4v) is 11.5. The van der Waals surface area contributed by atoms with Crippen molar-refractivity contribution in [3.8, 4) is 0 Å². The SMILES string of the molecule is CC/C=C\C/C=C\C/C=C\C/C=C\C/C=C\C/C=C\C/C=C\C/C=C\C/C=C\C/C=C\C/C=C\CCCCCC(=O)OC(COC(=O)CCCCCCCCCCCCCCCCCCCCCCCCCCCCCCCCCCCC)COP(=O)(O)OCCN. The van der Waals surface area contributed by atoms with Crippen LogP contribution in [0.2, 0.25) is 0 Å². The van der Waals surface area contributed by atoms with E-state index in [0.29, 0.717) is 6.42 Å². The van der Waals surface area contributed by atoms with E-state index in [9.17, 15) is 19.0 Å². The number of esters is 2. The van der Waals surface area contributed by atoms with E-state index in [2.05, 4.69) is 148 Å². The third-order valence-electron chi connectivity index (χ3n) is 16.3. The van der Waals surface area contributed by atoms with Gasteiger partial charge in [0.05, 0.1) is 13.2 Å². The van der Waals surface area contributed by atoms with E-state index in [4.69, 9.17) is 24.3 Å². The minimum atomic E-state index is -4.41. The Kier molecular flexibility index (Phi) is 73.0. The highest BCUT2D eigenvalue weighted by Crippen LogP contribution is 2.43.